The van der Waals surface area contributed by atoms with E-state index in [1.54, 1.807) is 24.3 Å². The van der Waals surface area contributed by atoms with E-state index in [1.807, 2.05) is 6.07 Å². The number of rotatable bonds is 6. The van der Waals surface area contributed by atoms with Crippen LogP contribution in [0.2, 0.25) is 0 Å². The Morgan fingerprint density at radius 2 is 1.95 bits per heavy atom. The van der Waals surface area contributed by atoms with Crippen LogP contribution in [0.4, 0.5) is 4.79 Å². The molecule has 3 N–H and O–H groups in total. The lowest BCUT2D eigenvalue weighted by Gasteiger charge is -2.17. The molecule has 0 saturated carbocycles. The molecule has 1 aromatic rings. The van der Waals surface area contributed by atoms with Crippen molar-refractivity contribution >= 4 is 23.6 Å². The zero-order valence-corrected chi connectivity index (χ0v) is 11.0. The number of carboxylic acid groups (broad SMARTS) is 1. The minimum atomic E-state index is -0.990. The maximum absolute atomic E-state index is 11.6. The third kappa shape index (κ3) is 5.92. The largest absolute Gasteiger partial charge is 0.481 e. The highest BCUT2D eigenvalue weighted by atomic mass is 35.5. The van der Waals surface area contributed by atoms with E-state index >= 15 is 0 Å². The van der Waals surface area contributed by atoms with Crippen LogP contribution >= 0.6 is 11.6 Å². The Morgan fingerprint density at radius 1 is 1.32 bits per heavy atom. The number of amides is 2. The molecule has 0 aliphatic rings. The second-order valence-electron chi connectivity index (χ2n) is 3.91. The monoisotopic (exact) mass is 282 g/mol. The Hall–Kier alpha value is -2.01. The van der Waals surface area contributed by atoms with Crippen LogP contribution in [0.25, 0.3) is 0 Å². The number of benzene rings is 1. The summed E-state index contributed by atoms with van der Waals surface area (Å²) in [4.78, 5) is 22.4. The normalized spacial score (nSPS) is 11.4. The Morgan fingerprint density at radius 3 is 2.47 bits per heavy atom. The quantitative estimate of drug-likeness (QED) is 0.749. The van der Waals surface area contributed by atoms with Gasteiger partial charge in [-0.2, -0.15) is 0 Å². The topological polar surface area (TPSA) is 78.4 Å². The third-order valence-corrected chi connectivity index (χ3v) is 2.46. The van der Waals surface area contributed by atoms with E-state index in [4.69, 9.17) is 16.7 Å². The molecule has 0 bridgehead atoms. The smallest absolute Gasteiger partial charge is 0.315 e. The van der Waals surface area contributed by atoms with Crippen molar-refractivity contribution in [1.29, 1.82) is 0 Å². The maximum atomic E-state index is 11.6. The highest BCUT2D eigenvalue weighted by molar-refractivity contribution is 6.29. The summed E-state index contributed by atoms with van der Waals surface area (Å²) in [6, 6.07) is 7.82. The minimum absolute atomic E-state index is 0.127. The van der Waals surface area contributed by atoms with Crippen molar-refractivity contribution in [3.8, 4) is 0 Å². The van der Waals surface area contributed by atoms with E-state index < -0.39 is 18.0 Å². The highest BCUT2D eigenvalue weighted by Gasteiger charge is 2.17. The van der Waals surface area contributed by atoms with Gasteiger partial charge in [-0.1, -0.05) is 48.5 Å². The summed E-state index contributed by atoms with van der Waals surface area (Å²) in [5.41, 5.74) is 0.727. The number of carboxylic acids is 1. The predicted molar refractivity (Wildman–Crippen MR) is 73.0 cm³/mol. The molecule has 0 aromatic heterocycles. The molecule has 2 amide bonds. The molecule has 0 radical (unpaired) electrons. The first-order valence-corrected chi connectivity index (χ1v) is 6.01. The fourth-order valence-electron chi connectivity index (χ4n) is 1.50. The number of hydrogen-bond donors (Lipinski definition) is 3. The number of carbonyl (C=O) groups excluding carboxylic acids is 1. The molecule has 1 aromatic carbocycles. The van der Waals surface area contributed by atoms with Crippen molar-refractivity contribution in [1.82, 2.24) is 10.6 Å². The molecule has 0 aliphatic carbocycles. The Balaban J connectivity index is 2.67. The van der Waals surface area contributed by atoms with Crippen molar-refractivity contribution < 1.29 is 14.7 Å². The van der Waals surface area contributed by atoms with Gasteiger partial charge in [-0.25, -0.2) is 4.79 Å². The highest BCUT2D eigenvalue weighted by Crippen LogP contribution is 2.16. The SMILES string of the molecule is C=C(Cl)CNC(=O)NC(CC(=O)O)c1ccccc1. The molecule has 0 heterocycles. The van der Waals surface area contributed by atoms with Crippen molar-refractivity contribution in [3.05, 3.63) is 47.5 Å². The minimum Gasteiger partial charge on any atom is -0.481 e. The van der Waals surface area contributed by atoms with Gasteiger partial charge < -0.3 is 15.7 Å². The lowest BCUT2D eigenvalue weighted by atomic mass is 10.0. The lowest BCUT2D eigenvalue weighted by Crippen LogP contribution is -2.39. The summed E-state index contributed by atoms with van der Waals surface area (Å²) in [5, 5.41) is 14.2. The van der Waals surface area contributed by atoms with Crippen LogP contribution in [-0.2, 0) is 4.79 Å². The molecule has 6 heteroatoms. The molecule has 0 fully saturated rings. The summed E-state index contributed by atoms with van der Waals surface area (Å²) in [6.07, 6.45) is -0.195. The fraction of sp³-hybridized carbons (Fsp3) is 0.231. The average Bonchev–Trinajstić information content (AvgIpc) is 2.36. The van der Waals surface area contributed by atoms with Crippen LogP contribution in [0.1, 0.15) is 18.0 Å². The average molecular weight is 283 g/mol. The molecule has 0 saturated heterocycles. The maximum Gasteiger partial charge on any atom is 0.315 e. The molecule has 0 spiro atoms. The van der Waals surface area contributed by atoms with Gasteiger partial charge in [-0.15, -0.1) is 0 Å². The van der Waals surface area contributed by atoms with Gasteiger partial charge in [0, 0.05) is 5.03 Å². The van der Waals surface area contributed by atoms with Crippen molar-refractivity contribution in [2.75, 3.05) is 6.54 Å². The van der Waals surface area contributed by atoms with Crippen molar-refractivity contribution in [3.63, 3.8) is 0 Å². The lowest BCUT2D eigenvalue weighted by molar-refractivity contribution is -0.137. The Labute approximate surface area is 116 Å². The molecular formula is C13H15ClN2O3. The van der Waals surface area contributed by atoms with E-state index in [9.17, 15) is 9.59 Å². The van der Waals surface area contributed by atoms with Gasteiger partial charge in [0.15, 0.2) is 0 Å². The molecule has 1 rings (SSSR count). The van der Waals surface area contributed by atoms with Crippen LogP contribution in [0.3, 0.4) is 0 Å². The fourth-order valence-corrected chi connectivity index (χ4v) is 1.56. The Kier molecular flexibility index (Phi) is 5.89. The van der Waals surface area contributed by atoms with E-state index in [1.165, 1.54) is 0 Å². The van der Waals surface area contributed by atoms with Gasteiger partial charge in [0.1, 0.15) is 0 Å². The number of urea groups is 1. The molecule has 1 unspecified atom stereocenters. The van der Waals surface area contributed by atoms with Gasteiger partial charge in [0.05, 0.1) is 19.0 Å². The first kappa shape index (κ1) is 15.0. The number of aliphatic carboxylic acids is 1. The van der Waals surface area contributed by atoms with E-state index in [0.29, 0.717) is 5.03 Å². The molecule has 19 heavy (non-hydrogen) atoms. The van der Waals surface area contributed by atoms with E-state index in [-0.39, 0.29) is 13.0 Å². The first-order valence-electron chi connectivity index (χ1n) is 5.63. The van der Waals surface area contributed by atoms with Gasteiger partial charge >= 0.3 is 12.0 Å². The zero-order chi connectivity index (χ0) is 14.3. The van der Waals surface area contributed by atoms with Gasteiger partial charge in [0.25, 0.3) is 0 Å². The number of halogens is 1. The molecule has 102 valence electrons. The van der Waals surface area contributed by atoms with Crippen molar-refractivity contribution in [2.45, 2.75) is 12.5 Å². The van der Waals surface area contributed by atoms with E-state index in [0.717, 1.165) is 5.56 Å². The summed E-state index contributed by atoms with van der Waals surface area (Å²) < 4.78 is 0. The number of carbonyl (C=O) groups is 2. The van der Waals surface area contributed by atoms with Crippen LogP contribution in [0.5, 0.6) is 0 Å². The second-order valence-corrected chi connectivity index (χ2v) is 4.44. The van der Waals surface area contributed by atoms with Crippen LogP contribution in [0, 0.1) is 0 Å². The zero-order valence-electron chi connectivity index (χ0n) is 10.2. The van der Waals surface area contributed by atoms with Gasteiger partial charge in [0.2, 0.25) is 0 Å². The molecular weight excluding hydrogens is 268 g/mol. The third-order valence-electron chi connectivity index (χ3n) is 2.33. The van der Waals surface area contributed by atoms with Crippen LogP contribution < -0.4 is 10.6 Å². The summed E-state index contributed by atoms with van der Waals surface area (Å²) in [5.74, 6) is -0.990. The summed E-state index contributed by atoms with van der Waals surface area (Å²) in [7, 11) is 0. The van der Waals surface area contributed by atoms with Crippen molar-refractivity contribution in [2.24, 2.45) is 0 Å². The number of hydrogen-bond acceptors (Lipinski definition) is 2. The molecule has 5 nitrogen and oxygen atoms in total. The standard InChI is InChI=1S/C13H15ClN2O3/c1-9(14)8-15-13(19)16-11(7-12(17)18)10-5-3-2-4-6-10/h2-6,11H,1,7-8H2,(H,17,18)(H2,15,16,19). The first-order chi connectivity index (χ1) is 8.99. The summed E-state index contributed by atoms with van der Waals surface area (Å²) >= 11 is 5.53. The Bertz CT molecular complexity index is 462. The molecule has 1 atom stereocenters. The van der Waals surface area contributed by atoms with Gasteiger partial charge in [-0.3, -0.25) is 4.79 Å². The molecule has 0 aliphatic heterocycles. The summed E-state index contributed by atoms with van der Waals surface area (Å²) in [6.45, 7) is 3.57. The predicted octanol–water partition coefficient (Wildman–Crippen LogP) is 2.25. The van der Waals surface area contributed by atoms with Gasteiger partial charge in [-0.05, 0) is 5.56 Å². The number of nitrogens with one attached hydrogen (secondary N) is 2. The second kappa shape index (κ2) is 7.43. The van der Waals surface area contributed by atoms with Crippen LogP contribution in [0.15, 0.2) is 41.9 Å². The van der Waals surface area contributed by atoms with Crippen LogP contribution in [-0.4, -0.2) is 23.7 Å². The van der Waals surface area contributed by atoms with E-state index in [2.05, 4.69) is 17.2 Å².